The van der Waals surface area contributed by atoms with E-state index in [2.05, 4.69) is 44.5 Å². The van der Waals surface area contributed by atoms with Gasteiger partial charge >= 0.3 is 0 Å². The maximum atomic E-state index is 5.49. The van der Waals surface area contributed by atoms with Crippen molar-refractivity contribution in [3.8, 4) is 5.82 Å². The third-order valence-electron chi connectivity index (χ3n) is 5.25. The lowest BCUT2D eigenvalue weighted by molar-refractivity contribution is 0.122. The zero-order chi connectivity index (χ0) is 21.9. The molecule has 32 heavy (non-hydrogen) atoms. The molecule has 0 aliphatic carbocycles. The normalized spacial score (nSPS) is 14.4. The Morgan fingerprint density at radius 3 is 2.69 bits per heavy atom. The Morgan fingerprint density at radius 1 is 1.03 bits per heavy atom. The number of aryl methyl sites for hydroxylation is 2. The number of anilines is 2. The van der Waals surface area contributed by atoms with Crippen LogP contribution in [0.1, 0.15) is 16.7 Å². The zero-order valence-corrected chi connectivity index (χ0v) is 18.1. The van der Waals surface area contributed by atoms with Crippen molar-refractivity contribution >= 4 is 29.1 Å². The van der Waals surface area contributed by atoms with Crippen LogP contribution in [0.2, 0.25) is 0 Å². The maximum Gasteiger partial charge on any atom is 0.229 e. The number of nitrogens with zero attached hydrogens (tertiary/aromatic N) is 7. The SMILES string of the molecule is Cc1ccc(-n2cnc3c(NN=Cc4cccc(C)c4)nc(N4CCOCC4)nc32)nc1. The molecule has 1 aliphatic rings. The Balaban J connectivity index is 1.55. The smallest absolute Gasteiger partial charge is 0.229 e. The Kier molecular flexibility index (Phi) is 5.47. The maximum absolute atomic E-state index is 5.49. The highest BCUT2D eigenvalue weighted by Gasteiger charge is 2.20. The monoisotopic (exact) mass is 428 g/mol. The van der Waals surface area contributed by atoms with Crippen LogP contribution in [-0.2, 0) is 4.74 Å². The highest BCUT2D eigenvalue weighted by atomic mass is 16.5. The summed E-state index contributed by atoms with van der Waals surface area (Å²) in [5, 5.41) is 4.41. The number of nitrogens with one attached hydrogen (secondary N) is 1. The van der Waals surface area contributed by atoms with Gasteiger partial charge in [0.15, 0.2) is 17.0 Å². The number of hydrogen-bond acceptors (Lipinski definition) is 8. The summed E-state index contributed by atoms with van der Waals surface area (Å²) in [4.78, 5) is 20.8. The van der Waals surface area contributed by atoms with Gasteiger partial charge in [-0.25, -0.2) is 9.97 Å². The van der Waals surface area contributed by atoms with Crippen LogP contribution in [0.5, 0.6) is 0 Å². The van der Waals surface area contributed by atoms with Crippen molar-refractivity contribution in [2.45, 2.75) is 13.8 Å². The highest BCUT2D eigenvalue weighted by Crippen LogP contribution is 2.25. The van der Waals surface area contributed by atoms with E-state index in [0.717, 1.165) is 30.0 Å². The van der Waals surface area contributed by atoms with Crippen LogP contribution in [0, 0.1) is 13.8 Å². The van der Waals surface area contributed by atoms with Crippen LogP contribution in [0.3, 0.4) is 0 Å². The van der Waals surface area contributed by atoms with Crippen LogP contribution in [-0.4, -0.2) is 57.0 Å². The topological polar surface area (TPSA) is 93.4 Å². The highest BCUT2D eigenvalue weighted by molar-refractivity contribution is 5.86. The summed E-state index contributed by atoms with van der Waals surface area (Å²) in [7, 11) is 0. The van der Waals surface area contributed by atoms with Crippen molar-refractivity contribution in [1.82, 2.24) is 24.5 Å². The van der Waals surface area contributed by atoms with Gasteiger partial charge in [0.2, 0.25) is 5.95 Å². The minimum Gasteiger partial charge on any atom is -0.378 e. The second-order valence-electron chi connectivity index (χ2n) is 7.74. The number of hydrogen-bond donors (Lipinski definition) is 1. The van der Waals surface area contributed by atoms with E-state index in [0.29, 0.717) is 36.1 Å². The second-order valence-corrected chi connectivity index (χ2v) is 7.74. The molecule has 4 aromatic rings. The number of fused-ring (bicyclic) bond motifs is 1. The van der Waals surface area contributed by atoms with Gasteiger partial charge in [-0.15, -0.1) is 0 Å². The molecule has 0 spiro atoms. The number of morpholine rings is 1. The summed E-state index contributed by atoms with van der Waals surface area (Å²) in [6, 6.07) is 12.1. The standard InChI is InChI=1S/C23H24N8O/c1-16-4-3-5-18(12-16)14-26-29-21-20-22(28-23(27-21)30-8-10-32-11-9-30)31(15-25-20)19-7-6-17(2)13-24-19/h3-7,12-15H,8-11H2,1-2H3,(H,27,28,29). The first-order valence-electron chi connectivity index (χ1n) is 10.5. The van der Waals surface area contributed by atoms with Gasteiger partial charge in [0.1, 0.15) is 12.1 Å². The summed E-state index contributed by atoms with van der Waals surface area (Å²) in [6.45, 7) is 6.82. The fourth-order valence-electron chi connectivity index (χ4n) is 3.56. The van der Waals surface area contributed by atoms with Crippen molar-refractivity contribution < 1.29 is 4.74 Å². The van der Waals surface area contributed by atoms with E-state index < -0.39 is 0 Å². The van der Waals surface area contributed by atoms with Gasteiger partial charge in [0.05, 0.1) is 19.4 Å². The molecule has 1 fully saturated rings. The van der Waals surface area contributed by atoms with Gasteiger partial charge in [-0.1, -0.05) is 35.9 Å². The van der Waals surface area contributed by atoms with Gasteiger partial charge in [0.25, 0.3) is 0 Å². The number of hydrazone groups is 1. The number of pyridine rings is 1. The van der Waals surface area contributed by atoms with Crippen molar-refractivity contribution in [1.29, 1.82) is 0 Å². The van der Waals surface area contributed by atoms with E-state index >= 15 is 0 Å². The third kappa shape index (κ3) is 4.15. The average Bonchev–Trinajstić information content (AvgIpc) is 3.24. The lowest BCUT2D eigenvalue weighted by Crippen LogP contribution is -2.37. The number of imidazole rings is 1. The zero-order valence-electron chi connectivity index (χ0n) is 18.1. The summed E-state index contributed by atoms with van der Waals surface area (Å²) in [5.74, 6) is 1.91. The molecule has 0 bridgehead atoms. The first-order valence-corrected chi connectivity index (χ1v) is 10.5. The molecule has 1 aromatic carbocycles. The summed E-state index contributed by atoms with van der Waals surface area (Å²) < 4.78 is 7.36. The Bertz CT molecular complexity index is 1260. The van der Waals surface area contributed by atoms with E-state index in [4.69, 9.17) is 14.7 Å². The molecule has 1 N–H and O–H groups in total. The first-order chi connectivity index (χ1) is 15.7. The summed E-state index contributed by atoms with van der Waals surface area (Å²) in [5.41, 5.74) is 7.65. The molecule has 5 rings (SSSR count). The van der Waals surface area contributed by atoms with E-state index in [-0.39, 0.29) is 0 Å². The van der Waals surface area contributed by atoms with E-state index in [9.17, 15) is 0 Å². The van der Waals surface area contributed by atoms with Gasteiger partial charge in [-0.3, -0.25) is 9.99 Å². The van der Waals surface area contributed by atoms with E-state index in [1.807, 2.05) is 42.0 Å². The van der Waals surface area contributed by atoms with Crippen molar-refractivity contribution in [3.63, 3.8) is 0 Å². The van der Waals surface area contributed by atoms with Crippen molar-refractivity contribution in [3.05, 3.63) is 65.6 Å². The molecule has 0 saturated carbocycles. The predicted octanol–water partition coefficient (Wildman–Crippen LogP) is 3.11. The summed E-state index contributed by atoms with van der Waals surface area (Å²) in [6.07, 6.45) is 5.32. The molecular formula is C23H24N8O. The van der Waals surface area contributed by atoms with Gasteiger partial charge in [0, 0.05) is 19.3 Å². The van der Waals surface area contributed by atoms with Gasteiger partial charge < -0.3 is 9.64 Å². The Morgan fingerprint density at radius 2 is 1.91 bits per heavy atom. The molecule has 162 valence electrons. The quantitative estimate of drug-likeness (QED) is 0.386. The molecule has 0 atom stereocenters. The number of ether oxygens (including phenoxy) is 1. The number of aromatic nitrogens is 5. The molecular weight excluding hydrogens is 404 g/mol. The van der Waals surface area contributed by atoms with Crippen LogP contribution in [0.25, 0.3) is 17.0 Å². The molecule has 0 unspecified atom stereocenters. The number of benzene rings is 1. The fraction of sp³-hybridized carbons (Fsp3) is 0.261. The number of rotatable bonds is 5. The molecule has 0 amide bonds. The minimum absolute atomic E-state index is 0.547. The molecule has 0 radical (unpaired) electrons. The Labute approximate surface area is 185 Å². The van der Waals surface area contributed by atoms with Crippen LogP contribution in [0.15, 0.2) is 54.0 Å². The molecule has 4 heterocycles. The van der Waals surface area contributed by atoms with Crippen molar-refractivity contribution in [2.24, 2.45) is 5.10 Å². The predicted molar refractivity (Wildman–Crippen MR) is 125 cm³/mol. The van der Waals surface area contributed by atoms with Gasteiger partial charge in [-0.2, -0.15) is 15.1 Å². The van der Waals surface area contributed by atoms with Gasteiger partial charge in [-0.05, 0) is 31.0 Å². The largest absolute Gasteiger partial charge is 0.378 e. The van der Waals surface area contributed by atoms with Crippen LogP contribution >= 0.6 is 0 Å². The molecule has 1 aliphatic heterocycles. The summed E-state index contributed by atoms with van der Waals surface area (Å²) >= 11 is 0. The molecule has 3 aromatic heterocycles. The van der Waals surface area contributed by atoms with E-state index in [1.165, 1.54) is 5.56 Å². The second kappa shape index (κ2) is 8.72. The molecule has 9 nitrogen and oxygen atoms in total. The first kappa shape index (κ1) is 20.1. The van der Waals surface area contributed by atoms with Crippen LogP contribution in [0.4, 0.5) is 11.8 Å². The average molecular weight is 429 g/mol. The third-order valence-corrected chi connectivity index (χ3v) is 5.25. The fourth-order valence-corrected chi connectivity index (χ4v) is 3.56. The lowest BCUT2D eigenvalue weighted by atomic mass is 10.2. The Hall–Kier alpha value is -3.85. The van der Waals surface area contributed by atoms with E-state index in [1.54, 1.807) is 12.5 Å². The lowest BCUT2D eigenvalue weighted by Gasteiger charge is -2.27. The minimum atomic E-state index is 0.547. The molecule has 9 heteroatoms. The van der Waals surface area contributed by atoms with Crippen LogP contribution < -0.4 is 10.3 Å². The molecule has 1 saturated heterocycles. The van der Waals surface area contributed by atoms with Crippen molar-refractivity contribution in [2.75, 3.05) is 36.6 Å².